The van der Waals surface area contributed by atoms with Gasteiger partial charge in [0.2, 0.25) is 0 Å². The van der Waals surface area contributed by atoms with Crippen LogP contribution in [0.1, 0.15) is 27.2 Å². The van der Waals surface area contributed by atoms with Gasteiger partial charge in [-0.15, -0.1) is 0 Å². The predicted octanol–water partition coefficient (Wildman–Crippen LogP) is 2.90. The summed E-state index contributed by atoms with van der Waals surface area (Å²) >= 11 is 0. The van der Waals surface area contributed by atoms with Gasteiger partial charge in [-0.3, -0.25) is 13.3 Å². The first-order valence-corrected chi connectivity index (χ1v) is 12.2. The Hall–Kier alpha value is -2.06. The standard InChI is InChI=1S/C20H29N7S/c1-19(2)6-8-28(4,25-11-19)26-12-20(3,13-26)27-10-15(9-24-27)17-16-5-7-21-18(16)23-14-22-17/h5,7,9-10,14,28H,6,8,11-13H2,1-4H3,(H,21,22,23). The maximum absolute atomic E-state index is 5.16. The van der Waals surface area contributed by atoms with Crippen LogP contribution in [0.15, 0.2) is 35.3 Å². The zero-order valence-electron chi connectivity index (χ0n) is 17.1. The van der Waals surface area contributed by atoms with Crippen molar-refractivity contribution in [2.24, 2.45) is 9.78 Å². The number of hydrogen-bond acceptors (Lipinski definition) is 5. The van der Waals surface area contributed by atoms with E-state index in [2.05, 4.69) is 57.2 Å². The summed E-state index contributed by atoms with van der Waals surface area (Å²) in [6.45, 7) is 10.0. The molecule has 5 heterocycles. The minimum atomic E-state index is -1.33. The fourth-order valence-corrected chi connectivity index (χ4v) is 7.81. The molecule has 8 heteroatoms. The number of aromatic amines is 1. The Morgan fingerprint density at radius 2 is 2.00 bits per heavy atom. The van der Waals surface area contributed by atoms with Crippen molar-refractivity contribution in [1.29, 1.82) is 0 Å². The van der Waals surface area contributed by atoms with Gasteiger partial charge in [-0.25, -0.2) is 9.97 Å². The average molecular weight is 400 g/mol. The Morgan fingerprint density at radius 1 is 1.18 bits per heavy atom. The van der Waals surface area contributed by atoms with Gasteiger partial charge in [-0.2, -0.15) is 15.1 Å². The summed E-state index contributed by atoms with van der Waals surface area (Å²) in [5.74, 6) is 1.24. The highest BCUT2D eigenvalue weighted by Crippen LogP contribution is 2.39. The molecule has 0 radical (unpaired) electrons. The van der Waals surface area contributed by atoms with E-state index in [0.717, 1.165) is 41.9 Å². The van der Waals surface area contributed by atoms with Crippen LogP contribution in [0.2, 0.25) is 0 Å². The van der Waals surface area contributed by atoms with Gasteiger partial charge in [-0.1, -0.05) is 13.8 Å². The van der Waals surface area contributed by atoms with Crippen molar-refractivity contribution in [2.45, 2.75) is 32.7 Å². The molecule has 2 aliphatic rings. The van der Waals surface area contributed by atoms with Crippen LogP contribution >= 0.6 is 0 Å². The van der Waals surface area contributed by atoms with Crippen molar-refractivity contribution >= 4 is 21.0 Å². The quantitative estimate of drug-likeness (QED) is 0.664. The lowest BCUT2D eigenvalue weighted by Gasteiger charge is -2.56. The number of hydrogen-bond donors (Lipinski definition) is 2. The lowest BCUT2D eigenvalue weighted by Crippen LogP contribution is -2.65. The van der Waals surface area contributed by atoms with Crippen LogP contribution < -0.4 is 0 Å². The van der Waals surface area contributed by atoms with Crippen LogP contribution in [0, 0.1) is 5.41 Å². The molecule has 0 bridgehead atoms. The van der Waals surface area contributed by atoms with Crippen molar-refractivity contribution in [3.8, 4) is 11.3 Å². The van der Waals surface area contributed by atoms with E-state index in [9.17, 15) is 0 Å². The SMILES string of the molecule is CC1(C)CC[SH](C)(N2CC(C)(n3cc(-c4ncnc5[nH]ccc45)cn3)C2)=NC1. The first-order chi connectivity index (χ1) is 13.3. The third-order valence-corrected chi connectivity index (χ3v) is 9.76. The van der Waals surface area contributed by atoms with Crippen LogP contribution in [0.3, 0.4) is 0 Å². The first-order valence-electron chi connectivity index (χ1n) is 9.92. The van der Waals surface area contributed by atoms with E-state index in [1.54, 1.807) is 6.33 Å². The van der Waals surface area contributed by atoms with E-state index >= 15 is 0 Å². The molecule has 1 saturated heterocycles. The normalized spacial score (nSPS) is 24.4. The Morgan fingerprint density at radius 3 is 2.75 bits per heavy atom. The third-order valence-electron chi connectivity index (χ3n) is 6.43. The minimum absolute atomic E-state index is 0.0219. The lowest BCUT2D eigenvalue weighted by atomic mass is 9.91. The third kappa shape index (κ3) is 2.81. The van der Waals surface area contributed by atoms with Crippen molar-refractivity contribution in [2.75, 3.05) is 31.6 Å². The Labute approximate surface area is 166 Å². The second kappa shape index (κ2) is 5.97. The highest BCUT2D eigenvalue weighted by atomic mass is 32.2. The van der Waals surface area contributed by atoms with Gasteiger partial charge >= 0.3 is 0 Å². The van der Waals surface area contributed by atoms with E-state index in [0.29, 0.717) is 5.41 Å². The van der Waals surface area contributed by atoms with Crippen LogP contribution in [-0.2, 0) is 15.5 Å². The summed E-state index contributed by atoms with van der Waals surface area (Å²) in [6.07, 6.45) is 11.2. The number of aromatic nitrogens is 5. The van der Waals surface area contributed by atoms with Crippen molar-refractivity contribution < 1.29 is 0 Å². The molecule has 3 aromatic rings. The summed E-state index contributed by atoms with van der Waals surface area (Å²) in [5.41, 5.74) is 3.22. The molecule has 0 aromatic carbocycles. The highest BCUT2D eigenvalue weighted by Gasteiger charge is 2.45. The fraction of sp³-hybridized carbons (Fsp3) is 0.550. The van der Waals surface area contributed by atoms with Gasteiger partial charge in [0.25, 0.3) is 0 Å². The minimum Gasteiger partial charge on any atom is -0.346 e. The molecule has 0 aliphatic carbocycles. The molecule has 0 saturated carbocycles. The molecule has 7 nitrogen and oxygen atoms in total. The molecule has 1 fully saturated rings. The summed E-state index contributed by atoms with van der Waals surface area (Å²) in [4.78, 5) is 11.9. The van der Waals surface area contributed by atoms with Crippen molar-refractivity contribution in [1.82, 2.24) is 29.0 Å². The number of fused-ring (bicyclic) bond motifs is 1. The molecule has 0 unspecified atom stereocenters. The molecule has 0 atom stereocenters. The molecular formula is C20H29N7S. The number of nitrogens with zero attached hydrogens (tertiary/aromatic N) is 6. The first kappa shape index (κ1) is 18.0. The molecule has 0 amide bonds. The van der Waals surface area contributed by atoms with E-state index in [-0.39, 0.29) is 5.54 Å². The summed E-state index contributed by atoms with van der Waals surface area (Å²) in [5, 5.41) is 5.74. The van der Waals surface area contributed by atoms with Gasteiger partial charge in [-0.05, 0) is 36.8 Å². The zero-order valence-corrected chi connectivity index (χ0v) is 17.9. The molecule has 3 aromatic heterocycles. The van der Waals surface area contributed by atoms with Crippen LogP contribution in [0.5, 0.6) is 0 Å². The predicted molar refractivity (Wildman–Crippen MR) is 116 cm³/mol. The molecule has 2 aliphatic heterocycles. The number of H-pyrrole nitrogens is 1. The van der Waals surface area contributed by atoms with Gasteiger partial charge in [0.15, 0.2) is 0 Å². The van der Waals surface area contributed by atoms with Gasteiger partial charge in [0, 0.05) is 36.4 Å². The summed E-state index contributed by atoms with van der Waals surface area (Å²) in [6, 6.07) is 2.02. The number of nitrogens with one attached hydrogen (secondary N) is 1. The smallest absolute Gasteiger partial charge is 0.141 e. The molecule has 28 heavy (non-hydrogen) atoms. The molecule has 150 valence electrons. The average Bonchev–Trinajstić information content (AvgIpc) is 3.31. The van der Waals surface area contributed by atoms with E-state index in [1.165, 1.54) is 12.2 Å². The van der Waals surface area contributed by atoms with Crippen LogP contribution in [0.4, 0.5) is 0 Å². The maximum atomic E-state index is 5.16. The zero-order chi connectivity index (χ0) is 19.6. The van der Waals surface area contributed by atoms with Gasteiger partial charge < -0.3 is 4.98 Å². The second-order valence-electron chi connectivity index (χ2n) is 9.48. The molecule has 5 rings (SSSR count). The van der Waals surface area contributed by atoms with Crippen LogP contribution in [0.25, 0.3) is 22.3 Å². The van der Waals surface area contributed by atoms with Gasteiger partial charge in [0.1, 0.15) is 12.0 Å². The Balaban J connectivity index is 1.38. The molecule has 1 N–H and O–H groups in total. The Kier molecular flexibility index (Phi) is 3.84. The second-order valence-corrected chi connectivity index (χ2v) is 13.0. The Bertz CT molecular complexity index is 1090. The topological polar surface area (TPSA) is 75.0 Å². The summed E-state index contributed by atoms with van der Waals surface area (Å²) in [7, 11) is -1.33. The van der Waals surface area contributed by atoms with Gasteiger partial charge in [0.05, 0.1) is 24.0 Å². The largest absolute Gasteiger partial charge is 0.346 e. The van der Waals surface area contributed by atoms with E-state index < -0.39 is 10.0 Å². The van der Waals surface area contributed by atoms with Crippen molar-refractivity contribution in [3.63, 3.8) is 0 Å². The number of thiol groups is 1. The molecular weight excluding hydrogens is 370 g/mol. The van der Waals surface area contributed by atoms with Crippen LogP contribution in [-0.4, -0.2) is 60.7 Å². The van der Waals surface area contributed by atoms with Crippen molar-refractivity contribution in [3.05, 3.63) is 31.0 Å². The fourth-order valence-electron chi connectivity index (χ4n) is 4.27. The van der Waals surface area contributed by atoms with E-state index in [1.807, 2.05) is 18.5 Å². The highest BCUT2D eigenvalue weighted by molar-refractivity contribution is 8.02. The monoisotopic (exact) mass is 399 g/mol. The number of rotatable bonds is 3. The molecule has 0 spiro atoms. The maximum Gasteiger partial charge on any atom is 0.141 e. The lowest BCUT2D eigenvalue weighted by molar-refractivity contribution is 0.0911. The summed E-state index contributed by atoms with van der Waals surface area (Å²) < 4.78 is 9.91. The van der Waals surface area contributed by atoms with E-state index in [4.69, 9.17) is 9.46 Å².